The molecule has 2 aliphatic rings. The van der Waals surface area contributed by atoms with E-state index in [2.05, 4.69) is 5.32 Å². The fraction of sp³-hybridized carbons (Fsp3) is 0.500. The fourth-order valence-electron chi connectivity index (χ4n) is 3.25. The van der Waals surface area contributed by atoms with E-state index in [9.17, 15) is 4.79 Å². The van der Waals surface area contributed by atoms with E-state index in [0.29, 0.717) is 18.0 Å². The van der Waals surface area contributed by atoms with Crippen molar-refractivity contribution in [2.75, 3.05) is 6.61 Å². The molecule has 3 rings (SSSR count). The number of carbonyl (C=O) groups excluding carboxylic acids is 1. The number of nitrogens with two attached hydrogens (primary N) is 1. The SMILES string of the molecule is NC(=S)C1(NC(=O)C2COc3ccccc3C2)CCCC1. The molecule has 1 aliphatic carbocycles. The van der Waals surface area contributed by atoms with E-state index in [1.807, 2.05) is 24.3 Å². The maximum atomic E-state index is 12.6. The monoisotopic (exact) mass is 304 g/mol. The standard InChI is InChI=1S/C16H20N2O2S/c17-15(21)16(7-3-4-8-16)18-14(19)12-9-11-5-1-2-6-13(11)20-10-12/h1-2,5-6,12H,3-4,7-10H2,(H2,17,21)(H,18,19). The van der Waals surface area contributed by atoms with Gasteiger partial charge in [-0.3, -0.25) is 4.79 Å². The van der Waals surface area contributed by atoms with E-state index < -0.39 is 5.54 Å². The minimum absolute atomic E-state index is 0.000738. The highest BCUT2D eigenvalue weighted by atomic mass is 32.1. The van der Waals surface area contributed by atoms with Gasteiger partial charge in [0.2, 0.25) is 5.91 Å². The molecule has 4 nitrogen and oxygen atoms in total. The lowest BCUT2D eigenvalue weighted by atomic mass is 9.92. The quantitative estimate of drug-likeness (QED) is 0.838. The Balaban J connectivity index is 1.71. The topological polar surface area (TPSA) is 64.3 Å². The molecule has 112 valence electrons. The first kappa shape index (κ1) is 14.3. The molecule has 1 aromatic carbocycles. The molecular weight excluding hydrogens is 284 g/mol. The molecule has 0 radical (unpaired) electrons. The summed E-state index contributed by atoms with van der Waals surface area (Å²) in [5.74, 6) is 0.706. The highest BCUT2D eigenvalue weighted by molar-refractivity contribution is 7.80. The second-order valence-electron chi connectivity index (χ2n) is 5.96. The summed E-state index contributed by atoms with van der Waals surface area (Å²) in [5.41, 5.74) is 6.47. The van der Waals surface area contributed by atoms with Gasteiger partial charge in [-0.25, -0.2) is 0 Å². The van der Waals surface area contributed by atoms with Gasteiger partial charge in [0.1, 0.15) is 12.4 Å². The predicted octanol–water partition coefficient (Wildman–Crippen LogP) is 1.95. The molecule has 3 N–H and O–H groups in total. The van der Waals surface area contributed by atoms with Gasteiger partial charge in [-0.05, 0) is 30.9 Å². The number of hydrogen-bond donors (Lipinski definition) is 2. The molecular formula is C16H20N2O2S. The van der Waals surface area contributed by atoms with E-state index in [1.54, 1.807) is 0 Å². The van der Waals surface area contributed by atoms with Gasteiger partial charge in [0.05, 0.1) is 16.4 Å². The molecule has 21 heavy (non-hydrogen) atoms. The molecule has 1 unspecified atom stereocenters. The summed E-state index contributed by atoms with van der Waals surface area (Å²) in [4.78, 5) is 13.0. The van der Waals surface area contributed by atoms with Crippen LogP contribution in [0.2, 0.25) is 0 Å². The van der Waals surface area contributed by atoms with Crippen molar-refractivity contribution in [2.45, 2.75) is 37.6 Å². The van der Waals surface area contributed by atoms with Crippen LogP contribution in [0, 0.1) is 5.92 Å². The number of para-hydroxylation sites is 1. The number of fused-ring (bicyclic) bond motifs is 1. The number of nitrogens with one attached hydrogen (secondary N) is 1. The van der Waals surface area contributed by atoms with Crippen LogP contribution in [0.15, 0.2) is 24.3 Å². The Bertz CT molecular complexity index is 567. The lowest BCUT2D eigenvalue weighted by molar-refractivity contribution is -0.127. The smallest absolute Gasteiger partial charge is 0.227 e. The first-order chi connectivity index (χ1) is 10.1. The predicted molar refractivity (Wildman–Crippen MR) is 85.3 cm³/mol. The van der Waals surface area contributed by atoms with Crippen LogP contribution in [-0.2, 0) is 11.2 Å². The van der Waals surface area contributed by atoms with Crippen molar-refractivity contribution < 1.29 is 9.53 Å². The van der Waals surface area contributed by atoms with Gasteiger partial charge in [-0.2, -0.15) is 0 Å². The molecule has 5 heteroatoms. The first-order valence-electron chi connectivity index (χ1n) is 7.43. The van der Waals surface area contributed by atoms with Crippen molar-refractivity contribution >= 4 is 23.1 Å². The minimum atomic E-state index is -0.483. The lowest BCUT2D eigenvalue weighted by Gasteiger charge is -2.32. The fourth-order valence-corrected chi connectivity index (χ4v) is 3.50. The highest BCUT2D eigenvalue weighted by Crippen LogP contribution is 2.32. The lowest BCUT2D eigenvalue weighted by Crippen LogP contribution is -2.57. The van der Waals surface area contributed by atoms with Gasteiger partial charge in [0.15, 0.2) is 0 Å². The average Bonchev–Trinajstić information content (AvgIpc) is 2.96. The molecule has 0 aromatic heterocycles. The maximum Gasteiger partial charge on any atom is 0.227 e. The second-order valence-corrected chi connectivity index (χ2v) is 6.40. The summed E-state index contributed by atoms with van der Waals surface area (Å²) in [6.45, 7) is 0.413. The van der Waals surface area contributed by atoms with Crippen molar-refractivity contribution in [1.29, 1.82) is 0 Å². The Labute approximate surface area is 130 Å². The Kier molecular flexibility index (Phi) is 3.85. The summed E-state index contributed by atoms with van der Waals surface area (Å²) in [5, 5.41) is 3.11. The summed E-state index contributed by atoms with van der Waals surface area (Å²) >= 11 is 5.18. The van der Waals surface area contributed by atoms with E-state index in [1.165, 1.54) is 0 Å². The zero-order chi connectivity index (χ0) is 14.9. The number of ether oxygens (including phenoxy) is 1. The van der Waals surface area contributed by atoms with Gasteiger partial charge >= 0.3 is 0 Å². The van der Waals surface area contributed by atoms with Crippen molar-refractivity contribution in [1.82, 2.24) is 5.32 Å². The van der Waals surface area contributed by atoms with Crippen molar-refractivity contribution in [3.63, 3.8) is 0 Å². The average molecular weight is 304 g/mol. The van der Waals surface area contributed by atoms with E-state index in [0.717, 1.165) is 37.0 Å². The molecule has 0 saturated heterocycles. The largest absolute Gasteiger partial charge is 0.492 e. The number of amides is 1. The third kappa shape index (κ3) is 2.75. The molecule has 1 fully saturated rings. The normalized spacial score (nSPS) is 23.0. The Morgan fingerprint density at radius 3 is 2.76 bits per heavy atom. The zero-order valence-electron chi connectivity index (χ0n) is 11.9. The number of rotatable bonds is 3. The Hall–Kier alpha value is -1.62. The highest BCUT2D eigenvalue weighted by Gasteiger charge is 2.40. The molecule has 0 spiro atoms. The molecule has 1 atom stereocenters. The summed E-state index contributed by atoms with van der Waals surface area (Å²) in [6.07, 6.45) is 4.51. The summed E-state index contributed by atoms with van der Waals surface area (Å²) < 4.78 is 5.69. The van der Waals surface area contributed by atoms with Crippen LogP contribution in [0.5, 0.6) is 5.75 Å². The van der Waals surface area contributed by atoms with E-state index in [4.69, 9.17) is 22.7 Å². The molecule has 1 amide bonds. The molecule has 1 aromatic rings. The number of thiocarbonyl (C=S) groups is 1. The number of benzene rings is 1. The van der Waals surface area contributed by atoms with Gasteiger partial charge in [0, 0.05) is 0 Å². The summed E-state index contributed by atoms with van der Waals surface area (Å²) in [6, 6.07) is 7.86. The third-order valence-electron chi connectivity index (χ3n) is 4.54. The third-order valence-corrected chi connectivity index (χ3v) is 4.93. The van der Waals surface area contributed by atoms with Gasteiger partial charge in [0.25, 0.3) is 0 Å². The second kappa shape index (κ2) is 5.64. The zero-order valence-corrected chi connectivity index (χ0v) is 12.7. The van der Waals surface area contributed by atoms with E-state index >= 15 is 0 Å². The van der Waals surface area contributed by atoms with Crippen molar-refractivity contribution in [3.05, 3.63) is 29.8 Å². The molecule has 1 heterocycles. The van der Waals surface area contributed by atoms with E-state index in [-0.39, 0.29) is 11.8 Å². The van der Waals surface area contributed by atoms with Crippen LogP contribution >= 0.6 is 12.2 Å². The van der Waals surface area contributed by atoms with Gasteiger partial charge in [-0.1, -0.05) is 43.3 Å². The minimum Gasteiger partial charge on any atom is -0.492 e. The Morgan fingerprint density at radius 2 is 2.05 bits per heavy atom. The maximum absolute atomic E-state index is 12.6. The van der Waals surface area contributed by atoms with Crippen molar-refractivity contribution in [3.8, 4) is 5.75 Å². The van der Waals surface area contributed by atoms with Crippen LogP contribution in [-0.4, -0.2) is 23.0 Å². The van der Waals surface area contributed by atoms with Gasteiger partial charge < -0.3 is 15.8 Å². The Morgan fingerprint density at radius 1 is 1.33 bits per heavy atom. The van der Waals surface area contributed by atoms with Gasteiger partial charge in [-0.15, -0.1) is 0 Å². The van der Waals surface area contributed by atoms with Crippen molar-refractivity contribution in [2.24, 2.45) is 11.7 Å². The first-order valence-corrected chi connectivity index (χ1v) is 7.84. The summed E-state index contributed by atoms with van der Waals surface area (Å²) in [7, 11) is 0. The molecule has 1 saturated carbocycles. The molecule has 0 bridgehead atoms. The van der Waals surface area contributed by atoms with Crippen LogP contribution in [0.25, 0.3) is 0 Å². The van der Waals surface area contributed by atoms with Crippen LogP contribution in [0.1, 0.15) is 31.2 Å². The molecule has 1 aliphatic heterocycles. The van der Waals surface area contributed by atoms with Crippen LogP contribution < -0.4 is 15.8 Å². The number of carbonyl (C=O) groups is 1. The van der Waals surface area contributed by atoms with Crippen LogP contribution in [0.3, 0.4) is 0 Å². The van der Waals surface area contributed by atoms with Crippen LogP contribution in [0.4, 0.5) is 0 Å². The number of hydrogen-bond acceptors (Lipinski definition) is 3.